The highest BCUT2D eigenvalue weighted by molar-refractivity contribution is 7.98. The predicted octanol–water partition coefficient (Wildman–Crippen LogP) is 1.77. The van der Waals surface area contributed by atoms with E-state index in [0.717, 1.165) is 36.7 Å². The summed E-state index contributed by atoms with van der Waals surface area (Å²) in [6.07, 6.45) is 6.43. The molecule has 0 amide bonds. The summed E-state index contributed by atoms with van der Waals surface area (Å²) >= 11 is 1.61. The number of aliphatic hydroxyl groups is 1. The fourth-order valence-electron chi connectivity index (χ4n) is 2.03. The van der Waals surface area contributed by atoms with Crippen molar-refractivity contribution in [3.63, 3.8) is 0 Å². The molecule has 1 fully saturated rings. The third-order valence-electron chi connectivity index (χ3n) is 2.94. The van der Waals surface area contributed by atoms with E-state index in [1.807, 2.05) is 12.3 Å². The average molecular weight is 239 g/mol. The SMILES string of the molecule is CSc1cc(NCC2CCC(O)C2)ncn1. The molecule has 2 unspecified atom stereocenters. The van der Waals surface area contributed by atoms with Crippen LogP contribution in [0.25, 0.3) is 0 Å². The monoisotopic (exact) mass is 239 g/mol. The highest BCUT2D eigenvalue weighted by Crippen LogP contribution is 2.25. The Morgan fingerprint density at radius 2 is 2.38 bits per heavy atom. The third-order valence-corrected chi connectivity index (χ3v) is 3.58. The van der Waals surface area contributed by atoms with Crippen LogP contribution in [0.4, 0.5) is 5.82 Å². The number of nitrogens with zero attached hydrogens (tertiary/aromatic N) is 2. The van der Waals surface area contributed by atoms with Crippen LogP contribution in [0.15, 0.2) is 17.4 Å². The second kappa shape index (κ2) is 5.50. The summed E-state index contributed by atoms with van der Waals surface area (Å²) in [6.45, 7) is 0.891. The van der Waals surface area contributed by atoms with E-state index in [1.165, 1.54) is 0 Å². The van der Waals surface area contributed by atoms with Crippen LogP contribution in [0, 0.1) is 5.92 Å². The minimum atomic E-state index is -0.0982. The van der Waals surface area contributed by atoms with Gasteiger partial charge in [0.25, 0.3) is 0 Å². The van der Waals surface area contributed by atoms with Gasteiger partial charge in [-0.05, 0) is 31.4 Å². The minimum Gasteiger partial charge on any atom is -0.393 e. The molecule has 0 radical (unpaired) electrons. The third kappa shape index (κ3) is 3.09. The van der Waals surface area contributed by atoms with Gasteiger partial charge in [-0.2, -0.15) is 0 Å². The molecule has 1 heterocycles. The van der Waals surface area contributed by atoms with Gasteiger partial charge in [0, 0.05) is 12.6 Å². The lowest BCUT2D eigenvalue weighted by Gasteiger charge is -2.11. The first-order valence-electron chi connectivity index (χ1n) is 5.56. The summed E-state index contributed by atoms with van der Waals surface area (Å²) in [7, 11) is 0. The second-order valence-electron chi connectivity index (χ2n) is 4.16. The van der Waals surface area contributed by atoms with Crippen LogP contribution in [-0.4, -0.2) is 34.0 Å². The van der Waals surface area contributed by atoms with Crippen LogP contribution >= 0.6 is 11.8 Å². The van der Waals surface area contributed by atoms with E-state index < -0.39 is 0 Å². The molecule has 0 spiro atoms. The number of anilines is 1. The second-order valence-corrected chi connectivity index (χ2v) is 4.99. The number of nitrogens with one attached hydrogen (secondary N) is 1. The van der Waals surface area contributed by atoms with Gasteiger partial charge in [-0.1, -0.05) is 0 Å². The predicted molar refractivity (Wildman–Crippen MR) is 65.7 cm³/mol. The van der Waals surface area contributed by atoms with Crippen molar-refractivity contribution in [3.05, 3.63) is 12.4 Å². The van der Waals surface area contributed by atoms with Gasteiger partial charge in [-0.3, -0.25) is 0 Å². The molecular formula is C11H17N3OS. The lowest BCUT2D eigenvalue weighted by Crippen LogP contribution is -2.13. The summed E-state index contributed by atoms with van der Waals surface area (Å²) in [5, 5.41) is 13.7. The van der Waals surface area contributed by atoms with Crippen molar-refractivity contribution in [2.24, 2.45) is 5.92 Å². The zero-order chi connectivity index (χ0) is 11.4. The maximum Gasteiger partial charge on any atom is 0.130 e. The summed E-state index contributed by atoms with van der Waals surface area (Å²) in [5.74, 6) is 1.45. The minimum absolute atomic E-state index is 0.0982. The van der Waals surface area contributed by atoms with Crippen LogP contribution in [0.5, 0.6) is 0 Å². The summed E-state index contributed by atoms with van der Waals surface area (Å²) < 4.78 is 0. The van der Waals surface area contributed by atoms with Crippen LogP contribution in [0.2, 0.25) is 0 Å². The van der Waals surface area contributed by atoms with Gasteiger partial charge in [0.05, 0.1) is 6.10 Å². The van der Waals surface area contributed by atoms with Crippen LogP contribution in [-0.2, 0) is 0 Å². The Labute approximate surface area is 99.9 Å². The number of aliphatic hydroxyl groups excluding tert-OH is 1. The summed E-state index contributed by atoms with van der Waals surface area (Å²) in [4.78, 5) is 8.29. The van der Waals surface area contributed by atoms with Crippen molar-refractivity contribution in [1.82, 2.24) is 9.97 Å². The van der Waals surface area contributed by atoms with E-state index >= 15 is 0 Å². The Hall–Kier alpha value is -0.810. The van der Waals surface area contributed by atoms with E-state index in [9.17, 15) is 5.11 Å². The molecule has 2 rings (SSSR count). The number of hydrogen-bond donors (Lipinski definition) is 2. The number of rotatable bonds is 4. The molecule has 2 N–H and O–H groups in total. The molecule has 1 aromatic rings. The van der Waals surface area contributed by atoms with Crippen molar-refractivity contribution in [1.29, 1.82) is 0 Å². The number of thioether (sulfide) groups is 1. The molecule has 1 aliphatic carbocycles. The molecule has 1 aromatic heterocycles. The van der Waals surface area contributed by atoms with E-state index in [4.69, 9.17) is 0 Å². The Kier molecular flexibility index (Phi) is 4.01. The Balaban J connectivity index is 1.84. The molecule has 1 saturated carbocycles. The number of hydrogen-bond acceptors (Lipinski definition) is 5. The van der Waals surface area contributed by atoms with Crippen molar-refractivity contribution in [3.8, 4) is 0 Å². The first-order valence-corrected chi connectivity index (χ1v) is 6.78. The average Bonchev–Trinajstić information content (AvgIpc) is 2.73. The molecule has 4 nitrogen and oxygen atoms in total. The molecular weight excluding hydrogens is 222 g/mol. The van der Waals surface area contributed by atoms with Crippen molar-refractivity contribution in [2.75, 3.05) is 18.1 Å². The molecule has 2 atom stereocenters. The van der Waals surface area contributed by atoms with Gasteiger partial charge in [-0.25, -0.2) is 9.97 Å². The topological polar surface area (TPSA) is 58.0 Å². The Bertz CT molecular complexity index is 348. The van der Waals surface area contributed by atoms with E-state index in [0.29, 0.717) is 5.92 Å². The molecule has 88 valence electrons. The van der Waals surface area contributed by atoms with Crippen molar-refractivity contribution >= 4 is 17.6 Å². The van der Waals surface area contributed by atoms with Gasteiger partial charge in [0.2, 0.25) is 0 Å². The standard InChI is InChI=1S/C11H17N3OS/c1-16-11-5-10(13-7-14-11)12-6-8-2-3-9(15)4-8/h5,7-9,15H,2-4,6H2,1H3,(H,12,13,14). The van der Waals surface area contributed by atoms with Gasteiger partial charge in [0.1, 0.15) is 17.2 Å². The van der Waals surface area contributed by atoms with E-state index in [-0.39, 0.29) is 6.10 Å². The first-order chi connectivity index (χ1) is 7.78. The van der Waals surface area contributed by atoms with Crippen LogP contribution in [0.3, 0.4) is 0 Å². The van der Waals surface area contributed by atoms with E-state index in [1.54, 1.807) is 18.1 Å². The maximum atomic E-state index is 9.42. The summed E-state index contributed by atoms with van der Waals surface area (Å²) in [5.41, 5.74) is 0. The zero-order valence-corrected chi connectivity index (χ0v) is 10.2. The van der Waals surface area contributed by atoms with E-state index in [2.05, 4.69) is 15.3 Å². The van der Waals surface area contributed by atoms with Crippen LogP contribution in [0.1, 0.15) is 19.3 Å². The molecule has 0 bridgehead atoms. The lowest BCUT2D eigenvalue weighted by molar-refractivity contribution is 0.178. The number of aromatic nitrogens is 2. The Morgan fingerprint density at radius 3 is 3.06 bits per heavy atom. The lowest BCUT2D eigenvalue weighted by atomic mass is 10.1. The highest BCUT2D eigenvalue weighted by Gasteiger charge is 2.22. The largest absolute Gasteiger partial charge is 0.393 e. The zero-order valence-electron chi connectivity index (χ0n) is 9.39. The molecule has 5 heteroatoms. The maximum absolute atomic E-state index is 9.42. The first kappa shape index (κ1) is 11.7. The van der Waals surface area contributed by atoms with Crippen molar-refractivity contribution < 1.29 is 5.11 Å². The Morgan fingerprint density at radius 1 is 1.50 bits per heavy atom. The fourth-order valence-corrected chi connectivity index (χ4v) is 2.41. The molecule has 0 saturated heterocycles. The van der Waals surface area contributed by atoms with Gasteiger partial charge in [0.15, 0.2) is 0 Å². The normalized spacial score (nSPS) is 24.6. The summed E-state index contributed by atoms with van der Waals surface area (Å²) in [6, 6.07) is 1.95. The molecule has 0 aliphatic heterocycles. The highest BCUT2D eigenvalue weighted by atomic mass is 32.2. The van der Waals surface area contributed by atoms with Crippen molar-refractivity contribution in [2.45, 2.75) is 30.4 Å². The quantitative estimate of drug-likeness (QED) is 0.619. The molecule has 1 aliphatic rings. The van der Waals surface area contributed by atoms with Crippen LogP contribution < -0.4 is 5.32 Å². The van der Waals surface area contributed by atoms with Gasteiger partial charge in [-0.15, -0.1) is 11.8 Å². The molecule has 0 aromatic carbocycles. The smallest absolute Gasteiger partial charge is 0.130 e. The fraction of sp³-hybridized carbons (Fsp3) is 0.636. The van der Waals surface area contributed by atoms with Gasteiger partial charge < -0.3 is 10.4 Å². The van der Waals surface area contributed by atoms with Gasteiger partial charge >= 0.3 is 0 Å². The molecule has 16 heavy (non-hydrogen) atoms.